The third-order valence-corrected chi connectivity index (χ3v) is 8.96. The molecule has 6 nitrogen and oxygen atoms in total. The monoisotopic (exact) mass is 582 g/mol. The van der Waals surface area contributed by atoms with E-state index < -0.39 is 30.0 Å². The second kappa shape index (κ2) is 11.7. The average molecular weight is 583 g/mol. The van der Waals surface area contributed by atoms with Crippen LogP contribution in [0.15, 0.2) is 41.9 Å². The van der Waals surface area contributed by atoms with Crippen molar-refractivity contribution in [3.05, 3.63) is 69.0 Å². The highest BCUT2D eigenvalue weighted by atomic mass is 32.1. The fourth-order valence-electron chi connectivity index (χ4n) is 6.11. The lowest BCUT2D eigenvalue weighted by Gasteiger charge is -2.36. The molecule has 216 valence electrons. The Bertz CT molecular complexity index is 1460. The number of aromatic nitrogens is 1. The summed E-state index contributed by atoms with van der Waals surface area (Å²) in [5, 5.41) is 11.5. The molecule has 10 heteroatoms. The van der Waals surface area contributed by atoms with Crippen LogP contribution in [0.2, 0.25) is 0 Å². The standard InChI is InChI=1S/C31H33F3N4O2S/c1-4-37(25-8-6-5-7-9-25)29-23(14-22(17-36-29)26-10-11-41-27(26)16-35)18-38-20(3)28(40-30(38)39)21-12-19(2)13-24(15-21)31(32,33)34/h10-15,17,20,25,28H,4-9,18H2,1-3H3/t20-,28?/m0/s1. The first-order valence-corrected chi connectivity index (χ1v) is 14.9. The average Bonchev–Trinajstić information content (AvgIpc) is 3.54. The predicted molar refractivity (Wildman–Crippen MR) is 153 cm³/mol. The van der Waals surface area contributed by atoms with Gasteiger partial charge in [-0.25, -0.2) is 9.78 Å². The van der Waals surface area contributed by atoms with Gasteiger partial charge in [0.1, 0.15) is 22.9 Å². The Morgan fingerprint density at radius 3 is 2.63 bits per heavy atom. The van der Waals surface area contributed by atoms with Gasteiger partial charge in [-0.15, -0.1) is 11.3 Å². The van der Waals surface area contributed by atoms with Crippen molar-refractivity contribution < 1.29 is 22.7 Å². The highest BCUT2D eigenvalue weighted by molar-refractivity contribution is 7.11. The van der Waals surface area contributed by atoms with Crippen molar-refractivity contribution in [2.24, 2.45) is 0 Å². The zero-order valence-corrected chi connectivity index (χ0v) is 24.2. The van der Waals surface area contributed by atoms with Crippen LogP contribution in [0, 0.1) is 18.3 Å². The van der Waals surface area contributed by atoms with Crippen LogP contribution in [0.3, 0.4) is 0 Å². The summed E-state index contributed by atoms with van der Waals surface area (Å²) >= 11 is 1.36. The van der Waals surface area contributed by atoms with E-state index in [4.69, 9.17) is 9.72 Å². The molecule has 3 heterocycles. The Balaban J connectivity index is 1.51. The Morgan fingerprint density at radius 1 is 1.20 bits per heavy atom. The van der Waals surface area contributed by atoms with E-state index in [1.54, 1.807) is 31.0 Å². The minimum atomic E-state index is -4.50. The number of thiophene rings is 1. The van der Waals surface area contributed by atoms with Crippen LogP contribution >= 0.6 is 11.3 Å². The summed E-state index contributed by atoms with van der Waals surface area (Å²) in [6, 6.07) is 9.75. The molecule has 0 bridgehead atoms. The first-order valence-electron chi connectivity index (χ1n) is 14.0. The van der Waals surface area contributed by atoms with Crippen molar-refractivity contribution >= 4 is 23.2 Å². The van der Waals surface area contributed by atoms with Crippen LogP contribution in [0.1, 0.15) is 79.2 Å². The summed E-state index contributed by atoms with van der Waals surface area (Å²) < 4.78 is 46.3. The molecule has 1 unspecified atom stereocenters. The van der Waals surface area contributed by atoms with Crippen molar-refractivity contribution in [3.8, 4) is 17.2 Å². The maximum absolute atomic E-state index is 13.5. The number of nitriles is 1. The second-order valence-corrected chi connectivity index (χ2v) is 11.8. The Kier molecular flexibility index (Phi) is 8.28. The number of amides is 1. The molecule has 41 heavy (non-hydrogen) atoms. The van der Waals surface area contributed by atoms with Crippen molar-refractivity contribution in [1.29, 1.82) is 5.26 Å². The summed E-state index contributed by atoms with van der Waals surface area (Å²) in [5.41, 5.74) is 2.39. The van der Waals surface area contributed by atoms with Gasteiger partial charge in [-0.1, -0.05) is 30.9 Å². The molecule has 1 saturated heterocycles. The van der Waals surface area contributed by atoms with Gasteiger partial charge in [0, 0.05) is 35.5 Å². The Hall–Kier alpha value is -3.58. The van der Waals surface area contributed by atoms with Crippen LogP contribution < -0.4 is 4.90 Å². The highest BCUT2D eigenvalue weighted by Gasteiger charge is 2.41. The number of anilines is 1. The molecule has 2 atom stereocenters. The van der Waals surface area contributed by atoms with Gasteiger partial charge in [0.25, 0.3) is 0 Å². The molecule has 0 radical (unpaired) electrons. The summed E-state index contributed by atoms with van der Waals surface area (Å²) in [5.74, 6) is 0.787. The van der Waals surface area contributed by atoms with Gasteiger partial charge in [-0.2, -0.15) is 18.4 Å². The van der Waals surface area contributed by atoms with Gasteiger partial charge in [-0.05, 0) is 68.8 Å². The molecule has 2 aromatic heterocycles. The topological polar surface area (TPSA) is 69.5 Å². The molecule has 1 amide bonds. The molecule has 2 aliphatic rings. The van der Waals surface area contributed by atoms with Crippen molar-refractivity contribution in [2.45, 2.75) is 83.8 Å². The van der Waals surface area contributed by atoms with E-state index in [0.717, 1.165) is 66.9 Å². The van der Waals surface area contributed by atoms with Crippen LogP contribution in [-0.4, -0.2) is 34.6 Å². The van der Waals surface area contributed by atoms with E-state index in [9.17, 15) is 23.2 Å². The molecule has 0 N–H and O–H groups in total. The number of hydrogen-bond acceptors (Lipinski definition) is 6. The maximum Gasteiger partial charge on any atom is 0.416 e. The summed E-state index contributed by atoms with van der Waals surface area (Å²) in [4.78, 5) is 22.6. The number of halogens is 3. The molecule has 1 aliphatic heterocycles. The number of nitrogens with zero attached hydrogens (tertiary/aromatic N) is 4. The number of carbonyl (C=O) groups excluding carboxylic acids is 1. The lowest BCUT2D eigenvalue weighted by atomic mass is 9.93. The number of rotatable bonds is 7. The Morgan fingerprint density at radius 2 is 1.95 bits per heavy atom. The number of aryl methyl sites for hydroxylation is 1. The second-order valence-electron chi connectivity index (χ2n) is 10.9. The fraction of sp³-hybridized carbons (Fsp3) is 0.452. The summed E-state index contributed by atoms with van der Waals surface area (Å²) in [6.45, 7) is 6.43. The number of carbonyl (C=O) groups is 1. The van der Waals surface area contributed by atoms with Crippen LogP contribution in [0.5, 0.6) is 0 Å². The SMILES string of the molecule is CCN(c1ncc(-c2ccsc2C#N)cc1CN1C(=O)OC(c2cc(C)cc(C(F)(F)F)c2)[C@@H]1C)C1CCCCC1. The number of ether oxygens (including phenoxy) is 1. The Labute approximate surface area is 242 Å². The molecule has 1 aliphatic carbocycles. The lowest BCUT2D eigenvalue weighted by molar-refractivity contribution is -0.137. The van der Waals surface area contributed by atoms with Crippen LogP contribution in [-0.2, 0) is 17.5 Å². The molecular formula is C31H33F3N4O2S. The van der Waals surface area contributed by atoms with Crippen molar-refractivity contribution in [1.82, 2.24) is 9.88 Å². The van der Waals surface area contributed by atoms with Crippen molar-refractivity contribution in [2.75, 3.05) is 11.4 Å². The van der Waals surface area contributed by atoms with Gasteiger partial charge >= 0.3 is 12.3 Å². The van der Waals surface area contributed by atoms with Gasteiger partial charge in [-0.3, -0.25) is 4.90 Å². The minimum absolute atomic E-state index is 0.180. The van der Waals surface area contributed by atoms with Crippen molar-refractivity contribution in [3.63, 3.8) is 0 Å². The van der Waals surface area contributed by atoms with Gasteiger partial charge in [0.05, 0.1) is 18.2 Å². The van der Waals surface area contributed by atoms with Crippen LogP contribution in [0.25, 0.3) is 11.1 Å². The number of cyclic esters (lactones) is 1. The van der Waals surface area contributed by atoms with Crippen LogP contribution in [0.4, 0.5) is 23.8 Å². The van der Waals surface area contributed by atoms with E-state index in [1.807, 2.05) is 17.5 Å². The van der Waals surface area contributed by atoms with E-state index in [0.29, 0.717) is 22.0 Å². The number of benzene rings is 1. The lowest BCUT2D eigenvalue weighted by Crippen LogP contribution is -2.39. The molecular weight excluding hydrogens is 549 g/mol. The van der Waals surface area contributed by atoms with Gasteiger partial charge in [0.2, 0.25) is 0 Å². The zero-order valence-electron chi connectivity index (χ0n) is 23.4. The highest BCUT2D eigenvalue weighted by Crippen LogP contribution is 2.39. The molecule has 2 fully saturated rings. The molecule has 1 saturated carbocycles. The summed E-state index contributed by atoms with van der Waals surface area (Å²) in [7, 11) is 0. The van der Waals surface area contributed by atoms with Gasteiger partial charge in [0.15, 0.2) is 0 Å². The minimum Gasteiger partial charge on any atom is -0.439 e. The normalized spacial score (nSPS) is 19.7. The van der Waals surface area contributed by atoms with E-state index >= 15 is 0 Å². The first-order chi connectivity index (χ1) is 19.6. The number of pyridine rings is 1. The third-order valence-electron chi connectivity index (χ3n) is 8.14. The first kappa shape index (κ1) is 28.9. The third kappa shape index (κ3) is 5.91. The smallest absolute Gasteiger partial charge is 0.416 e. The fourth-order valence-corrected chi connectivity index (χ4v) is 6.81. The number of hydrogen-bond donors (Lipinski definition) is 0. The number of alkyl halides is 3. The van der Waals surface area contributed by atoms with E-state index in [1.165, 1.54) is 17.8 Å². The molecule has 0 spiro atoms. The van der Waals surface area contributed by atoms with Gasteiger partial charge < -0.3 is 9.64 Å². The zero-order chi connectivity index (χ0) is 29.3. The molecule has 3 aromatic rings. The maximum atomic E-state index is 13.5. The predicted octanol–water partition coefficient (Wildman–Crippen LogP) is 8.25. The quantitative estimate of drug-likeness (QED) is 0.281. The molecule has 1 aromatic carbocycles. The van der Waals surface area contributed by atoms with E-state index in [2.05, 4.69) is 17.9 Å². The largest absolute Gasteiger partial charge is 0.439 e. The molecule has 5 rings (SSSR count). The van der Waals surface area contributed by atoms with E-state index in [-0.39, 0.29) is 6.54 Å². The summed E-state index contributed by atoms with van der Waals surface area (Å²) in [6.07, 6.45) is 1.53.